The summed E-state index contributed by atoms with van der Waals surface area (Å²) in [6, 6.07) is 0. The molecular formula is C11H19ClN2. The molecular weight excluding hydrogens is 196 g/mol. The van der Waals surface area contributed by atoms with Crippen molar-refractivity contribution >= 4 is 11.6 Å². The van der Waals surface area contributed by atoms with Gasteiger partial charge >= 0.3 is 0 Å². The van der Waals surface area contributed by atoms with Gasteiger partial charge in [0.25, 0.3) is 0 Å². The zero-order valence-electron chi connectivity index (χ0n) is 8.88. The molecule has 80 valence electrons. The molecule has 2 nitrogen and oxygen atoms in total. The maximum Gasteiger partial charge on any atom is 0.0404 e. The van der Waals surface area contributed by atoms with Gasteiger partial charge in [-0.15, -0.1) is 11.6 Å². The molecule has 14 heavy (non-hydrogen) atoms. The molecule has 2 rings (SSSR count). The Balaban J connectivity index is 1.75. The van der Waals surface area contributed by atoms with Crippen LogP contribution >= 0.6 is 11.6 Å². The van der Waals surface area contributed by atoms with Crippen LogP contribution in [0.3, 0.4) is 0 Å². The predicted molar refractivity (Wildman–Crippen MR) is 60.8 cm³/mol. The Morgan fingerprint density at radius 2 is 2.07 bits per heavy atom. The molecule has 0 saturated carbocycles. The quantitative estimate of drug-likeness (QED) is 0.518. The minimum atomic E-state index is 0.641. The van der Waals surface area contributed by atoms with E-state index in [0.717, 1.165) is 6.54 Å². The van der Waals surface area contributed by atoms with Crippen LogP contribution in [-0.4, -0.2) is 55.5 Å². The summed E-state index contributed by atoms with van der Waals surface area (Å²) < 4.78 is 0. The van der Waals surface area contributed by atoms with E-state index in [-0.39, 0.29) is 0 Å². The second-order valence-corrected chi connectivity index (χ2v) is 5.09. The van der Waals surface area contributed by atoms with Crippen LogP contribution in [0.1, 0.15) is 6.42 Å². The first-order chi connectivity index (χ1) is 6.74. The Morgan fingerprint density at radius 3 is 2.71 bits per heavy atom. The molecule has 2 saturated heterocycles. The lowest BCUT2D eigenvalue weighted by atomic mass is 9.79. The molecule has 0 unspecified atom stereocenters. The molecule has 0 amide bonds. The van der Waals surface area contributed by atoms with Gasteiger partial charge in [0.15, 0.2) is 0 Å². The second-order valence-electron chi connectivity index (χ2n) is 4.78. The fraction of sp³-hybridized carbons (Fsp3) is 0.818. The molecule has 2 aliphatic heterocycles. The van der Waals surface area contributed by atoms with Crippen molar-refractivity contribution in [3.63, 3.8) is 0 Å². The van der Waals surface area contributed by atoms with Crippen molar-refractivity contribution < 1.29 is 0 Å². The standard InChI is InChI=1S/C11H19ClN2/c1-13-8-11(9-13)4-7-14(10-11)6-3-2-5-12/h2-3H,4-10H2,1H3/b3-2+. The number of rotatable bonds is 3. The molecule has 2 heterocycles. The second kappa shape index (κ2) is 4.21. The van der Waals surface area contributed by atoms with Crippen LogP contribution in [0.4, 0.5) is 0 Å². The Kier molecular flexibility index (Phi) is 3.15. The predicted octanol–water partition coefficient (Wildman–Crippen LogP) is 1.42. The summed E-state index contributed by atoms with van der Waals surface area (Å²) >= 11 is 5.59. The summed E-state index contributed by atoms with van der Waals surface area (Å²) in [5.74, 6) is 0.641. The van der Waals surface area contributed by atoms with E-state index in [1.807, 2.05) is 6.08 Å². The Morgan fingerprint density at radius 1 is 1.29 bits per heavy atom. The molecule has 0 bridgehead atoms. The SMILES string of the molecule is CN1CC2(CCN(C/C=C/CCl)C2)C1. The molecule has 1 spiro atoms. The molecule has 0 N–H and O–H groups in total. The van der Waals surface area contributed by atoms with E-state index in [1.165, 1.54) is 32.6 Å². The van der Waals surface area contributed by atoms with Gasteiger partial charge in [-0.25, -0.2) is 0 Å². The maximum atomic E-state index is 5.59. The largest absolute Gasteiger partial charge is 0.305 e. The summed E-state index contributed by atoms with van der Waals surface area (Å²) in [6.45, 7) is 6.22. The van der Waals surface area contributed by atoms with Gasteiger partial charge in [0.2, 0.25) is 0 Å². The highest BCUT2D eigenvalue weighted by molar-refractivity contribution is 6.18. The smallest absolute Gasteiger partial charge is 0.0404 e. The molecule has 3 heteroatoms. The number of nitrogens with zero attached hydrogens (tertiary/aromatic N) is 2. The van der Waals surface area contributed by atoms with E-state index >= 15 is 0 Å². The first kappa shape index (κ1) is 10.5. The van der Waals surface area contributed by atoms with E-state index < -0.39 is 0 Å². The van der Waals surface area contributed by atoms with Crippen LogP contribution in [0.15, 0.2) is 12.2 Å². The van der Waals surface area contributed by atoms with Crippen LogP contribution in [0.5, 0.6) is 0 Å². The zero-order valence-corrected chi connectivity index (χ0v) is 9.63. The molecule has 0 aromatic rings. The van der Waals surface area contributed by atoms with Crippen molar-refractivity contribution in [3.05, 3.63) is 12.2 Å². The van der Waals surface area contributed by atoms with E-state index in [2.05, 4.69) is 22.9 Å². The normalized spacial score (nSPS) is 27.6. The Bertz CT molecular complexity index is 221. The molecule has 0 radical (unpaired) electrons. The summed E-state index contributed by atoms with van der Waals surface area (Å²) in [7, 11) is 2.21. The summed E-state index contributed by atoms with van der Waals surface area (Å²) in [6.07, 6.45) is 5.61. The van der Waals surface area contributed by atoms with E-state index in [9.17, 15) is 0 Å². The minimum absolute atomic E-state index is 0.641. The van der Waals surface area contributed by atoms with Gasteiger partial charge in [-0.2, -0.15) is 0 Å². The zero-order chi connectivity index (χ0) is 10.0. The summed E-state index contributed by atoms with van der Waals surface area (Å²) in [5, 5.41) is 0. The molecule has 0 aliphatic carbocycles. The highest BCUT2D eigenvalue weighted by Gasteiger charge is 2.45. The van der Waals surface area contributed by atoms with Crippen LogP contribution < -0.4 is 0 Å². The average Bonchev–Trinajstić information content (AvgIpc) is 2.49. The Labute approximate surface area is 91.5 Å². The Hall–Kier alpha value is -0.0500. The van der Waals surface area contributed by atoms with Crippen molar-refractivity contribution in [1.82, 2.24) is 9.80 Å². The third-order valence-electron chi connectivity index (χ3n) is 3.35. The first-order valence-corrected chi connectivity index (χ1v) is 5.89. The van der Waals surface area contributed by atoms with Crippen LogP contribution in [0, 0.1) is 5.41 Å². The van der Waals surface area contributed by atoms with E-state index in [4.69, 9.17) is 11.6 Å². The average molecular weight is 215 g/mol. The summed E-state index contributed by atoms with van der Waals surface area (Å²) in [4.78, 5) is 4.95. The van der Waals surface area contributed by atoms with Crippen LogP contribution in [-0.2, 0) is 0 Å². The molecule has 2 aliphatic rings. The highest BCUT2D eigenvalue weighted by Crippen LogP contribution is 2.38. The minimum Gasteiger partial charge on any atom is -0.305 e. The van der Waals surface area contributed by atoms with Crippen molar-refractivity contribution in [2.45, 2.75) is 6.42 Å². The lowest BCUT2D eigenvalue weighted by Crippen LogP contribution is -2.55. The highest BCUT2D eigenvalue weighted by atomic mass is 35.5. The van der Waals surface area contributed by atoms with Gasteiger partial charge in [0.05, 0.1) is 0 Å². The summed E-state index contributed by atoms with van der Waals surface area (Å²) in [5.41, 5.74) is 0.642. The molecule has 0 atom stereocenters. The third kappa shape index (κ3) is 2.13. The van der Waals surface area contributed by atoms with Crippen molar-refractivity contribution in [3.8, 4) is 0 Å². The fourth-order valence-electron chi connectivity index (χ4n) is 2.83. The van der Waals surface area contributed by atoms with E-state index in [0.29, 0.717) is 11.3 Å². The number of hydrogen-bond acceptors (Lipinski definition) is 2. The first-order valence-electron chi connectivity index (χ1n) is 5.36. The van der Waals surface area contributed by atoms with E-state index in [1.54, 1.807) is 0 Å². The lowest BCUT2D eigenvalue weighted by Gasteiger charge is -2.46. The number of likely N-dealkylation sites (tertiary alicyclic amines) is 2. The topological polar surface area (TPSA) is 6.48 Å². The number of allylic oxidation sites excluding steroid dienone is 1. The maximum absolute atomic E-state index is 5.59. The van der Waals surface area contributed by atoms with Gasteiger partial charge in [-0.05, 0) is 20.0 Å². The monoisotopic (exact) mass is 214 g/mol. The van der Waals surface area contributed by atoms with Gasteiger partial charge in [-0.3, -0.25) is 4.90 Å². The molecule has 0 aromatic carbocycles. The molecule has 2 fully saturated rings. The van der Waals surface area contributed by atoms with Gasteiger partial charge in [0, 0.05) is 37.5 Å². The van der Waals surface area contributed by atoms with Crippen molar-refractivity contribution in [2.75, 3.05) is 45.7 Å². The van der Waals surface area contributed by atoms with Gasteiger partial charge < -0.3 is 4.90 Å². The number of alkyl halides is 1. The van der Waals surface area contributed by atoms with Crippen LogP contribution in [0.2, 0.25) is 0 Å². The fourth-order valence-corrected chi connectivity index (χ4v) is 2.95. The third-order valence-corrected chi connectivity index (χ3v) is 3.53. The molecule has 0 aromatic heterocycles. The number of halogens is 1. The van der Waals surface area contributed by atoms with Crippen LogP contribution in [0.25, 0.3) is 0 Å². The van der Waals surface area contributed by atoms with Crippen molar-refractivity contribution in [1.29, 1.82) is 0 Å². The van der Waals surface area contributed by atoms with Gasteiger partial charge in [0.1, 0.15) is 0 Å². The lowest BCUT2D eigenvalue weighted by molar-refractivity contribution is 0.0318. The number of hydrogen-bond donors (Lipinski definition) is 0. The van der Waals surface area contributed by atoms with Gasteiger partial charge in [-0.1, -0.05) is 12.2 Å². The van der Waals surface area contributed by atoms with Crippen molar-refractivity contribution in [2.24, 2.45) is 5.41 Å².